The van der Waals surface area contributed by atoms with Gasteiger partial charge in [0.05, 0.1) is 13.2 Å². The van der Waals surface area contributed by atoms with Crippen LogP contribution in [0.2, 0.25) is 0 Å². The van der Waals surface area contributed by atoms with Gasteiger partial charge in [-0.15, -0.1) is 0 Å². The highest BCUT2D eigenvalue weighted by atomic mass is 32.2. The van der Waals surface area contributed by atoms with Crippen LogP contribution in [-0.4, -0.2) is 67.8 Å². The number of fused-ring (bicyclic) bond motifs is 1. The smallest absolute Gasteiger partial charge is 0.195 e. The Labute approximate surface area is 172 Å². The van der Waals surface area contributed by atoms with Crippen molar-refractivity contribution in [2.75, 3.05) is 56.7 Å². The molecule has 3 aliphatic rings. The molecule has 2 heterocycles. The molecule has 28 heavy (non-hydrogen) atoms. The average Bonchev–Trinajstić information content (AvgIpc) is 3.11. The second-order valence-electron chi connectivity index (χ2n) is 7.79. The third-order valence-corrected chi connectivity index (χ3v) is 6.98. The quantitative estimate of drug-likeness (QED) is 0.594. The van der Waals surface area contributed by atoms with E-state index in [4.69, 9.17) is 9.47 Å². The van der Waals surface area contributed by atoms with Gasteiger partial charge in [0.25, 0.3) is 0 Å². The van der Waals surface area contributed by atoms with E-state index in [9.17, 15) is 0 Å². The molecule has 2 fully saturated rings. The third kappa shape index (κ3) is 4.51. The van der Waals surface area contributed by atoms with Crippen LogP contribution in [0.5, 0.6) is 11.5 Å². The standard InChI is InChI=1S/C21H32N4O2S/c1-22-20(24-17-5-6-18-19(15-17)27-12-4-11-26-18)23-16-21(7-2-3-8-21)25-9-13-28-14-10-25/h5-6,15H,2-4,7-14,16H2,1H3,(H2,22,23,24). The number of nitrogens with zero attached hydrogens (tertiary/aromatic N) is 2. The second kappa shape index (κ2) is 9.27. The molecule has 0 atom stereocenters. The molecule has 1 aromatic carbocycles. The minimum absolute atomic E-state index is 0.281. The number of rotatable bonds is 4. The first-order valence-electron chi connectivity index (χ1n) is 10.5. The highest BCUT2D eigenvalue weighted by Gasteiger charge is 2.40. The third-order valence-electron chi connectivity index (χ3n) is 6.03. The summed E-state index contributed by atoms with van der Waals surface area (Å²) >= 11 is 2.08. The predicted octanol–water partition coefficient (Wildman–Crippen LogP) is 3.20. The number of anilines is 1. The molecule has 1 aliphatic carbocycles. The van der Waals surface area contributed by atoms with Crippen molar-refractivity contribution in [1.29, 1.82) is 0 Å². The average molecular weight is 405 g/mol. The fraction of sp³-hybridized carbons (Fsp3) is 0.667. The minimum Gasteiger partial charge on any atom is -0.490 e. The molecule has 0 spiro atoms. The number of hydrogen-bond acceptors (Lipinski definition) is 5. The first kappa shape index (κ1) is 19.7. The van der Waals surface area contributed by atoms with E-state index in [0.717, 1.165) is 36.1 Å². The molecule has 4 rings (SSSR count). The van der Waals surface area contributed by atoms with Crippen molar-refractivity contribution in [3.63, 3.8) is 0 Å². The molecule has 0 bridgehead atoms. The van der Waals surface area contributed by atoms with Crippen molar-refractivity contribution in [3.05, 3.63) is 18.2 Å². The fourth-order valence-electron chi connectivity index (χ4n) is 4.48. The maximum Gasteiger partial charge on any atom is 0.195 e. The van der Waals surface area contributed by atoms with Crippen molar-refractivity contribution in [1.82, 2.24) is 10.2 Å². The van der Waals surface area contributed by atoms with Crippen LogP contribution in [-0.2, 0) is 0 Å². The lowest BCUT2D eigenvalue weighted by molar-refractivity contribution is 0.107. The molecule has 2 N–H and O–H groups in total. The number of aliphatic imine (C=N–C) groups is 1. The van der Waals surface area contributed by atoms with Gasteiger partial charge < -0.3 is 20.1 Å². The Hall–Kier alpha value is -1.60. The van der Waals surface area contributed by atoms with Gasteiger partial charge in [0.15, 0.2) is 17.5 Å². The summed E-state index contributed by atoms with van der Waals surface area (Å²) in [6.07, 6.45) is 6.15. The van der Waals surface area contributed by atoms with E-state index in [2.05, 4.69) is 32.3 Å². The predicted molar refractivity (Wildman–Crippen MR) is 117 cm³/mol. The normalized spacial score (nSPS) is 22.5. The number of nitrogens with one attached hydrogen (secondary N) is 2. The molecule has 0 unspecified atom stereocenters. The zero-order valence-corrected chi connectivity index (χ0v) is 17.7. The molecule has 1 aromatic rings. The molecular weight excluding hydrogens is 372 g/mol. The number of hydrogen-bond donors (Lipinski definition) is 2. The largest absolute Gasteiger partial charge is 0.490 e. The molecule has 6 nitrogen and oxygen atoms in total. The van der Waals surface area contributed by atoms with Gasteiger partial charge in [0.2, 0.25) is 0 Å². The Morgan fingerprint density at radius 3 is 2.61 bits per heavy atom. The van der Waals surface area contributed by atoms with E-state index in [1.165, 1.54) is 50.3 Å². The Morgan fingerprint density at radius 1 is 1.11 bits per heavy atom. The van der Waals surface area contributed by atoms with Crippen LogP contribution in [0.4, 0.5) is 5.69 Å². The Bertz CT molecular complexity index is 685. The summed E-state index contributed by atoms with van der Waals surface area (Å²) in [7, 11) is 1.83. The van der Waals surface area contributed by atoms with E-state index < -0.39 is 0 Å². The summed E-state index contributed by atoms with van der Waals surface area (Å²) in [6, 6.07) is 5.99. The van der Waals surface area contributed by atoms with Gasteiger partial charge in [0, 0.05) is 61.9 Å². The molecule has 154 valence electrons. The molecular formula is C21H32N4O2S. The summed E-state index contributed by atoms with van der Waals surface area (Å²) in [6.45, 7) is 4.77. The summed E-state index contributed by atoms with van der Waals surface area (Å²) in [5.41, 5.74) is 1.25. The van der Waals surface area contributed by atoms with Crippen molar-refractivity contribution >= 4 is 23.4 Å². The highest BCUT2D eigenvalue weighted by molar-refractivity contribution is 7.99. The van der Waals surface area contributed by atoms with E-state index in [1.54, 1.807) is 0 Å². The highest BCUT2D eigenvalue weighted by Crippen LogP contribution is 2.36. The summed E-state index contributed by atoms with van der Waals surface area (Å²) < 4.78 is 11.5. The van der Waals surface area contributed by atoms with Gasteiger partial charge in [-0.25, -0.2) is 0 Å². The number of thioether (sulfide) groups is 1. The first-order chi connectivity index (χ1) is 13.8. The van der Waals surface area contributed by atoms with E-state index in [-0.39, 0.29) is 5.54 Å². The molecule has 7 heteroatoms. The number of ether oxygens (including phenoxy) is 2. The van der Waals surface area contributed by atoms with Crippen LogP contribution in [0.25, 0.3) is 0 Å². The van der Waals surface area contributed by atoms with Gasteiger partial charge >= 0.3 is 0 Å². The Kier molecular flexibility index (Phi) is 6.52. The molecule has 1 saturated heterocycles. The first-order valence-corrected chi connectivity index (χ1v) is 11.6. The lowest BCUT2D eigenvalue weighted by Crippen LogP contribution is -2.57. The van der Waals surface area contributed by atoms with E-state index >= 15 is 0 Å². The van der Waals surface area contributed by atoms with Crippen molar-refractivity contribution in [2.45, 2.75) is 37.6 Å². The van der Waals surface area contributed by atoms with Crippen molar-refractivity contribution in [2.24, 2.45) is 4.99 Å². The van der Waals surface area contributed by atoms with Crippen LogP contribution in [0, 0.1) is 0 Å². The topological polar surface area (TPSA) is 58.1 Å². The zero-order valence-electron chi connectivity index (χ0n) is 16.8. The number of benzene rings is 1. The fourth-order valence-corrected chi connectivity index (χ4v) is 5.38. The van der Waals surface area contributed by atoms with E-state index in [0.29, 0.717) is 13.2 Å². The van der Waals surface area contributed by atoms with Crippen LogP contribution < -0.4 is 20.1 Å². The molecule has 0 radical (unpaired) electrons. The minimum atomic E-state index is 0.281. The van der Waals surface area contributed by atoms with Gasteiger partial charge in [-0.05, 0) is 25.0 Å². The molecule has 1 saturated carbocycles. The van der Waals surface area contributed by atoms with Crippen LogP contribution >= 0.6 is 11.8 Å². The lowest BCUT2D eigenvalue weighted by Gasteiger charge is -2.43. The van der Waals surface area contributed by atoms with E-state index in [1.807, 2.05) is 25.2 Å². The van der Waals surface area contributed by atoms with Crippen molar-refractivity contribution < 1.29 is 9.47 Å². The zero-order chi connectivity index (χ0) is 19.2. The van der Waals surface area contributed by atoms with Gasteiger partial charge in [0.1, 0.15) is 0 Å². The maximum absolute atomic E-state index is 5.81. The summed E-state index contributed by atoms with van der Waals surface area (Å²) in [4.78, 5) is 7.18. The second-order valence-corrected chi connectivity index (χ2v) is 9.02. The molecule has 0 amide bonds. The van der Waals surface area contributed by atoms with Gasteiger partial charge in [-0.2, -0.15) is 11.8 Å². The van der Waals surface area contributed by atoms with Crippen LogP contribution in [0.15, 0.2) is 23.2 Å². The maximum atomic E-state index is 5.81. The monoisotopic (exact) mass is 404 g/mol. The van der Waals surface area contributed by atoms with Gasteiger partial charge in [-0.1, -0.05) is 12.8 Å². The van der Waals surface area contributed by atoms with Gasteiger partial charge in [-0.3, -0.25) is 9.89 Å². The Balaban J connectivity index is 1.40. The van der Waals surface area contributed by atoms with Crippen LogP contribution in [0.3, 0.4) is 0 Å². The Morgan fingerprint density at radius 2 is 1.86 bits per heavy atom. The summed E-state index contributed by atoms with van der Waals surface area (Å²) in [5.74, 6) is 4.94. The summed E-state index contributed by atoms with van der Waals surface area (Å²) in [5, 5.41) is 7.03. The SMILES string of the molecule is CN=C(NCC1(N2CCSCC2)CCCC1)Nc1ccc2c(c1)OCCCO2. The van der Waals surface area contributed by atoms with Crippen LogP contribution in [0.1, 0.15) is 32.1 Å². The molecule has 2 aliphatic heterocycles. The number of guanidine groups is 1. The lowest BCUT2D eigenvalue weighted by atomic mass is 9.94. The molecule has 0 aromatic heterocycles. The van der Waals surface area contributed by atoms with Crippen molar-refractivity contribution in [3.8, 4) is 11.5 Å².